The molecule has 1 heterocycles. The number of carbonyl (C=O) groups excluding carboxylic acids is 2. The number of hydrogen-bond acceptors (Lipinski definition) is 3. The molecule has 0 radical (unpaired) electrons. The summed E-state index contributed by atoms with van der Waals surface area (Å²) in [5, 5.41) is 7.65. The van der Waals surface area contributed by atoms with Crippen molar-refractivity contribution in [3.8, 4) is 5.69 Å². The van der Waals surface area contributed by atoms with Crippen LogP contribution in [0, 0.1) is 0 Å². The van der Waals surface area contributed by atoms with Crippen molar-refractivity contribution >= 4 is 40.7 Å². The van der Waals surface area contributed by atoms with Crippen LogP contribution in [0.2, 0.25) is 10.0 Å². The Hall–Kier alpha value is -2.83. The lowest BCUT2D eigenvalue weighted by atomic mass is 10.1. The van der Waals surface area contributed by atoms with Crippen molar-refractivity contribution in [2.24, 2.45) is 5.73 Å². The zero-order chi connectivity index (χ0) is 18.0. The van der Waals surface area contributed by atoms with Crippen LogP contribution >= 0.6 is 23.2 Å². The van der Waals surface area contributed by atoms with E-state index >= 15 is 0 Å². The molecule has 0 aliphatic rings. The molecule has 0 aliphatic carbocycles. The monoisotopic (exact) mass is 374 g/mol. The number of primary amides is 1. The fraction of sp³-hybridized carbons (Fsp3) is 0. The van der Waals surface area contributed by atoms with Gasteiger partial charge in [0.1, 0.15) is 0 Å². The van der Waals surface area contributed by atoms with Gasteiger partial charge in [-0.25, -0.2) is 4.68 Å². The minimum absolute atomic E-state index is 0.172. The molecule has 3 aromatic rings. The van der Waals surface area contributed by atoms with Crippen molar-refractivity contribution < 1.29 is 9.59 Å². The number of aromatic nitrogens is 2. The smallest absolute Gasteiger partial charge is 0.276 e. The van der Waals surface area contributed by atoms with Gasteiger partial charge in [0.05, 0.1) is 27.0 Å². The van der Waals surface area contributed by atoms with E-state index < -0.39 is 11.8 Å². The van der Waals surface area contributed by atoms with Crippen LogP contribution in [0.25, 0.3) is 5.69 Å². The molecule has 8 heteroatoms. The molecule has 1 aromatic heterocycles. The van der Waals surface area contributed by atoms with Crippen molar-refractivity contribution in [3.05, 3.63) is 76.0 Å². The van der Waals surface area contributed by atoms with Crippen molar-refractivity contribution in [2.45, 2.75) is 0 Å². The van der Waals surface area contributed by atoms with Gasteiger partial charge in [-0.15, -0.1) is 0 Å². The largest absolute Gasteiger partial charge is 0.366 e. The van der Waals surface area contributed by atoms with Crippen LogP contribution in [0.1, 0.15) is 20.8 Å². The normalized spacial score (nSPS) is 10.5. The second kappa shape index (κ2) is 6.96. The van der Waals surface area contributed by atoms with Crippen LogP contribution in [0.3, 0.4) is 0 Å². The standard InChI is InChI=1S/C17H12Cl2N4O2/c18-12-6-5-10(9-13(12)19)23-8-7-15(22-23)17(25)21-14-4-2-1-3-11(14)16(20)24/h1-9H,(H2,20,24)(H,21,25). The fourth-order valence-corrected chi connectivity index (χ4v) is 2.50. The Kier molecular flexibility index (Phi) is 4.74. The van der Waals surface area contributed by atoms with Gasteiger partial charge in [0.25, 0.3) is 11.8 Å². The third kappa shape index (κ3) is 3.65. The lowest BCUT2D eigenvalue weighted by Gasteiger charge is -2.07. The third-order valence-electron chi connectivity index (χ3n) is 3.43. The number of nitrogens with two attached hydrogens (primary N) is 1. The van der Waals surface area contributed by atoms with E-state index in [9.17, 15) is 9.59 Å². The summed E-state index contributed by atoms with van der Waals surface area (Å²) < 4.78 is 1.50. The number of halogens is 2. The Balaban J connectivity index is 1.84. The fourth-order valence-electron chi connectivity index (χ4n) is 2.21. The zero-order valence-corrected chi connectivity index (χ0v) is 14.3. The minimum Gasteiger partial charge on any atom is -0.366 e. The molecule has 2 aromatic carbocycles. The Labute approximate surface area is 153 Å². The number of para-hydroxylation sites is 1. The molecule has 0 unspecified atom stereocenters. The van der Waals surface area contributed by atoms with Gasteiger partial charge in [-0.05, 0) is 36.4 Å². The molecule has 0 fully saturated rings. The highest BCUT2D eigenvalue weighted by atomic mass is 35.5. The second-order valence-corrected chi connectivity index (χ2v) is 5.92. The maximum absolute atomic E-state index is 12.4. The quantitative estimate of drug-likeness (QED) is 0.731. The van der Waals surface area contributed by atoms with Gasteiger partial charge in [0.2, 0.25) is 0 Å². The number of amides is 2. The molecule has 2 amide bonds. The molecular formula is C17H12Cl2N4O2. The van der Waals surface area contributed by atoms with E-state index in [0.29, 0.717) is 21.4 Å². The predicted octanol–water partition coefficient (Wildman–Crippen LogP) is 3.53. The van der Waals surface area contributed by atoms with Crippen molar-refractivity contribution in [1.29, 1.82) is 0 Å². The highest BCUT2D eigenvalue weighted by molar-refractivity contribution is 6.42. The van der Waals surface area contributed by atoms with Gasteiger partial charge < -0.3 is 11.1 Å². The topological polar surface area (TPSA) is 90.0 Å². The molecule has 0 spiro atoms. The van der Waals surface area contributed by atoms with Gasteiger partial charge in [-0.3, -0.25) is 9.59 Å². The van der Waals surface area contributed by atoms with Gasteiger partial charge >= 0.3 is 0 Å². The van der Waals surface area contributed by atoms with Crippen LogP contribution in [-0.4, -0.2) is 21.6 Å². The van der Waals surface area contributed by atoms with Gasteiger partial charge in [-0.2, -0.15) is 5.10 Å². The number of benzene rings is 2. The van der Waals surface area contributed by atoms with E-state index in [-0.39, 0.29) is 11.3 Å². The molecule has 0 aliphatic heterocycles. The van der Waals surface area contributed by atoms with Crippen LogP contribution in [-0.2, 0) is 0 Å². The predicted molar refractivity (Wildman–Crippen MR) is 96.5 cm³/mol. The summed E-state index contributed by atoms with van der Waals surface area (Å²) in [6.07, 6.45) is 1.62. The summed E-state index contributed by atoms with van der Waals surface area (Å²) in [5.74, 6) is -1.09. The van der Waals surface area contributed by atoms with Crippen molar-refractivity contribution in [2.75, 3.05) is 5.32 Å². The van der Waals surface area contributed by atoms with E-state index in [1.165, 1.54) is 10.7 Å². The number of hydrogen-bond donors (Lipinski definition) is 2. The zero-order valence-electron chi connectivity index (χ0n) is 12.7. The van der Waals surface area contributed by atoms with E-state index in [1.54, 1.807) is 48.7 Å². The molecule has 0 atom stereocenters. The Bertz CT molecular complexity index is 969. The van der Waals surface area contributed by atoms with Crippen LogP contribution in [0.15, 0.2) is 54.7 Å². The lowest BCUT2D eigenvalue weighted by molar-refractivity contribution is 0.100. The first-order chi connectivity index (χ1) is 12.0. The maximum Gasteiger partial charge on any atom is 0.276 e. The average molecular weight is 375 g/mol. The molecule has 6 nitrogen and oxygen atoms in total. The first kappa shape index (κ1) is 17.0. The van der Waals surface area contributed by atoms with Gasteiger partial charge in [-0.1, -0.05) is 35.3 Å². The van der Waals surface area contributed by atoms with Crippen LogP contribution in [0.5, 0.6) is 0 Å². The van der Waals surface area contributed by atoms with Crippen LogP contribution < -0.4 is 11.1 Å². The molecule has 3 N–H and O–H groups in total. The number of carbonyl (C=O) groups is 2. The molecule has 126 valence electrons. The SMILES string of the molecule is NC(=O)c1ccccc1NC(=O)c1ccn(-c2ccc(Cl)c(Cl)c2)n1. The third-order valence-corrected chi connectivity index (χ3v) is 4.17. The number of nitrogens with zero attached hydrogens (tertiary/aromatic N) is 2. The Morgan fingerprint density at radius 2 is 1.80 bits per heavy atom. The summed E-state index contributed by atoms with van der Waals surface area (Å²) in [6, 6.07) is 13.0. The van der Waals surface area contributed by atoms with E-state index in [0.717, 1.165) is 0 Å². The molecule has 0 bridgehead atoms. The van der Waals surface area contributed by atoms with E-state index in [2.05, 4.69) is 10.4 Å². The van der Waals surface area contributed by atoms with E-state index in [4.69, 9.17) is 28.9 Å². The van der Waals surface area contributed by atoms with Crippen LogP contribution in [0.4, 0.5) is 5.69 Å². The number of rotatable bonds is 4. The summed E-state index contributed by atoms with van der Waals surface area (Å²) in [5.41, 5.74) is 6.68. The Morgan fingerprint density at radius 1 is 1.04 bits per heavy atom. The maximum atomic E-state index is 12.4. The first-order valence-corrected chi connectivity index (χ1v) is 7.92. The summed E-state index contributed by atoms with van der Waals surface area (Å²) >= 11 is 11.9. The van der Waals surface area contributed by atoms with Gasteiger partial charge in [0, 0.05) is 6.20 Å². The molecule has 25 heavy (non-hydrogen) atoms. The highest BCUT2D eigenvalue weighted by Crippen LogP contribution is 2.24. The molecule has 3 rings (SSSR count). The minimum atomic E-state index is -0.628. The second-order valence-electron chi connectivity index (χ2n) is 5.11. The highest BCUT2D eigenvalue weighted by Gasteiger charge is 2.14. The molecule has 0 saturated carbocycles. The average Bonchev–Trinajstić information content (AvgIpc) is 3.08. The van der Waals surface area contributed by atoms with Gasteiger partial charge in [0.15, 0.2) is 5.69 Å². The lowest BCUT2D eigenvalue weighted by Crippen LogP contribution is -2.18. The summed E-state index contributed by atoms with van der Waals surface area (Å²) in [7, 11) is 0. The summed E-state index contributed by atoms with van der Waals surface area (Å²) in [6.45, 7) is 0. The molecule has 0 saturated heterocycles. The molecular weight excluding hydrogens is 363 g/mol. The van der Waals surface area contributed by atoms with Crippen molar-refractivity contribution in [3.63, 3.8) is 0 Å². The Morgan fingerprint density at radius 3 is 2.52 bits per heavy atom. The number of nitrogens with one attached hydrogen (secondary N) is 1. The first-order valence-electron chi connectivity index (χ1n) is 7.17. The van der Waals surface area contributed by atoms with E-state index in [1.807, 2.05) is 0 Å². The van der Waals surface area contributed by atoms with Crippen molar-refractivity contribution in [1.82, 2.24) is 9.78 Å². The summed E-state index contributed by atoms with van der Waals surface area (Å²) in [4.78, 5) is 23.8. The number of anilines is 1.